The van der Waals surface area contributed by atoms with Crippen LogP contribution in [0.3, 0.4) is 0 Å². The molecule has 10 heteroatoms. The third kappa shape index (κ3) is 3.54. The van der Waals surface area contributed by atoms with Crippen molar-refractivity contribution in [1.29, 1.82) is 0 Å². The van der Waals surface area contributed by atoms with E-state index in [2.05, 4.69) is 10.2 Å². The summed E-state index contributed by atoms with van der Waals surface area (Å²) in [6.07, 6.45) is 0. The lowest BCUT2D eigenvalue weighted by atomic mass is 10.2. The zero-order valence-corrected chi connectivity index (χ0v) is 16.7. The van der Waals surface area contributed by atoms with Gasteiger partial charge in [0, 0.05) is 11.1 Å². The van der Waals surface area contributed by atoms with Gasteiger partial charge in [0.2, 0.25) is 11.8 Å². The Morgan fingerprint density at radius 3 is 2.17 bits per heavy atom. The minimum Gasteiger partial charge on any atom is -0.506 e. The fourth-order valence-electron chi connectivity index (χ4n) is 1.93. The van der Waals surface area contributed by atoms with E-state index in [0.717, 1.165) is 12.1 Å². The lowest BCUT2D eigenvalue weighted by Gasteiger charge is -2.02. The first-order chi connectivity index (χ1) is 11.3. The molecule has 0 bridgehead atoms. The van der Waals surface area contributed by atoms with Gasteiger partial charge in [-0.15, -0.1) is 14.1 Å². The highest BCUT2D eigenvalue weighted by molar-refractivity contribution is 14.1. The molecule has 0 amide bonds. The van der Waals surface area contributed by atoms with Crippen LogP contribution in [0.5, 0.6) is 5.75 Å². The van der Waals surface area contributed by atoms with Crippen LogP contribution in [-0.4, -0.2) is 23.7 Å². The number of hydrogen-bond acceptors (Lipinski definition) is 6. The van der Waals surface area contributed by atoms with Crippen molar-refractivity contribution >= 4 is 55.4 Å². The van der Waals surface area contributed by atoms with Gasteiger partial charge in [0.25, 0.3) is 0 Å². The maximum Gasteiger partial charge on any atom is 0.332 e. The van der Waals surface area contributed by atoms with E-state index >= 15 is 0 Å². The largest absolute Gasteiger partial charge is 0.506 e. The summed E-state index contributed by atoms with van der Waals surface area (Å²) in [6.45, 7) is 0. The Balaban J connectivity index is 2.03. The van der Waals surface area contributed by atoms with Crippen molar-refractivity contribution < 1.29 is 21.8 Å². The standard InChI is InChI=1S/C14H7FI2N2O4S/c15-24(21,22)9-3-1-2-7(4-9)13-18-19-14(23-13)8-5-10(16)12(20)11(17)6-8/h1-6,20H. The number of aromatic nitrogens is 2. The topological polar surface area (TPSA) is 93.3 Å². The Morgan fingerprint density at radius 2 is 1.58 bits per heavy atom. The number of aromatic hydroxyl groups is 1. The van der Waals surface area contributed by atoms with Gasteiger partial charge in [-0.2, -0.15) is 8.42 Å². The Kier molecular flexibility index (Phi) is 4.79. The number of phenolic OH excluding ortho intramolecular Hbond substituents is 1. The molecular weight excluding hydrogens is 565 g/mol. The molecule has 0 spiro atoms. The van der Waals surface area contributed by atoms with Gasteiger partial charge in [-0.05, 0) is 75.5 Å². The molecule has 0 aliphatic heterocycles. The average molecular weight is 572 g/mol. The SMILES string of the molecule is O=S(=O)(F)c1cccc(-c2nnc(-c3cc(I)c(O)c(I)c3)o2)c1. The van der Waals surface area contributed by atoms with Gasteiger partial charge < -0.3 is 9.52 Å². The first-order valence-corrected chi connectivity index (χ1v) is 9.87. The molecule has 3 aromatic rings. The molecule has 1 N–H and O–H groups in total. The molecule has 24 heavy (non-hydrogen) atoms. The van der Waals surface area contributed by atoms with Crippen LogP contribution in [-0.2, 0) is 10.2 Å². The minimum absolute atomic E-state index is 0.0635. The lowest BCUT2D eigenvalue weighted by Crippen LogP contribution is -1.92. The van der Waals surface area contributed by atoms with Crippen molar-refractivity contribution in [3.63, 3.8) is 0 Å². The molecule has 0 saturated heterocycles. The zero-order valence-electron chi connectivity index (χ0n) is 11.6. The maximum absolute atomic E-state index is 13.1. The lowest BCUT2D eigenvalue weighted by molar-refractivity contribution is 0.467. The monoisotopic (exact) mass is 572 g/mol. The second kappa shape index (κ2) is 6.55. The maximum atomic E-state index is 13.1. The second-order valence-corrected chi connectivity index (χ2v) is 8.34. The van der Waals surface area contributed by atoms with E-state index in [1.54, 1.807) is 12.1 Å². The van der Waals surface area contributed by atoms with Gasteiger partial charge in [0.15, 0.2) is 0 Å². The van der Waals surface area contributed by atoms with E-state index < -0.39 is 15.1 Å². The van der Waals surface area contributed by atoms with E-state index in [4.69, 9.17) is 4.42 Å². The number of benzene rings is 2. The fourth-order valence-corrected chi connectivity index (χ4v) is 4.20. The van der Waals surface area contributed by atoms with Crippen LogP contribution in [0.2, 0.25) is 0 Å². The fraction of sp³-hybridized carbons (Fsp3) is 0. The smallest absolute Gasteiger partial charge is 0.332 e. The number of hydrogen-bond donors (Lipinski definition) is 1. The van der Waals surface area contributed by atoms with E-state index in [0.29, 0.717) is 12.7 Å². The molecular formula is C14H7FI2N2O4S. The van der Waals surface area contributed by atoms with Crippen LogP contribution in [0.1, 0.15) is 0 Å². The molecule has 1 aromatic heterocycles. The van der Waals surface area contributed by atoms with Gasteiger partial charge in [-0.3, -0.25) is 0 Å². The molecule has 0 saturated carbocycles. The van der Waals surface area contributed by atoms with E-state index in [1.165, 1.54) is 12.1 Å². The Hall–Kier alpha value is -1.28. The van der Waals surface area contributed by atoms with Crippen molar-refractivity contribution in [3.05, 3.63) is 43.5 Å². The summed E-state index contributed by atoms with van der Waals surface area (Å²) in [5.74, 6) is 0.434. The molecule has 0 fully saturated rings. The van der Waals surface area contributed by atoms with Crippen LogP contribution >= 0.6 is 45.2 Å². The summed E-state index contributed by atoms with van der Waals surface area (Å²) in [5, 5.41) is 17.6. The van der Waals surface area contributed by atoms with Crippen molar-refractivity contribution in [2.24, 2.45) is 0 Å². The van der Waals surface area contributed by atoms with Crippen LogP contribution < -0.4 is 0 Å². The average Bonchev–Trinajstić information content (AvgIpc) is 3.01. The highest BCUT2D eigenvalue weighted by Gasteiger charge is 2.17. The van der Waals surface area contributed by atoms with Gasteiger partial charge in [-0.1, -0.05) is 6.07 Å². The molecule has 0 aliphatic carbocycles. The Labute approximate surface area is 163 Å². The number of halogens is 3. The Morgan fingerprint density at radius 1 is 1.00 bits per heavy atom. The van der Waals surface area contributed by atoms with E-state index in [9.17, 15) is 17.4 Å². The zero-order chi connectivity index (χ0) is 17.5. The second-order valence-electron chi connectivity index (χ2n) is 4.67. The summed E-state index contributed by atoms with van der Waals surface area (Å²) < 4.78 is 41.9. The molecule has 0 unspecified atom stereocenters. The number of rotatable bonds is 3. The third-order valence-corrected chi connectivity index (χ3v) is 5.51. The van der Waals surface area contributed by atoms with Gasteiger partial charge >= 0.3 is 10.2 Å². The van der Waals surface area contributed by atoms with Gasteiger partial charge in [0.1, 0.15) is 5.75 Å². The van der Waals surface area contributed by atoms with Gasteiger partial charge in [-0.25, -0.2) is 0 Å². The summed E-state index contributed by atoms with van der Waals surface area (Å²) in [5.41, 5.74) is 0.894. The van der Waals surface area contributed by atoms with Crippen molar-refractivity contribution in [3.8, 4) is 28.7 Å². The first kappa shape index (κ1) is 17.5. The van der Waals surface area contributed by atoms with E-state index in [1.807, 2.05) is 45.2 Å². The first-order valence-electron chi connectivity index (χ1n) is 6.32. The molecule has 124 valence electrons. The minimum atomic E-state index is -4.81. The highest BCUT2D eigenvalue weighted by atomic mass is 127. The molecule has 6 nitrogen and oxygen atoms in total. The van der Waals surface area contributed by atoms with Crippen molar-refractivity contribution in [2.45, 2.75) is 4.90 Å². The van der Waals surface area contributed by atoms with Gasteiger partial charge in [0.05, 0.1) is 12.0 Å². The van der Waals surface area contributed by atoms with E-state index in [-0.39, 0.29) is 23.1 Å². The van der Waals surface area contributed by atoms with Crippen LogP contribution in [0.4, 0.5) is 3.89 Å². The predicted molar refractivity (Wildman–Crippen MR) is 101 cm³/mol. The predicted octanol–water partition coefficient (Wildman–Crippen LogP) is 3.98. The van der Waals surface area contributed by atoms with Crippen molar-refractivity contribution in [1.82, 2.24) is 10.2 Å². The van der Waals surface area contributed by atoms with Crippen LogP contribution in [0.25, 0.3) is 22.9 Å². The molecule has 1 heterocycles. The normalized spacial score (nSPS) is 11.6. The van der Waals surface area contributed by atoms with Crippen LogP contribution in [0.15, 0.2) is 45.7 Å². The summed E-state index contributed by atoms with van der Waals surface area (Å²) >= 11 is 3.96. The summed E-state index contributed by atoms with van der Waals surface area (Å²) in [7, 11) is -4.81. The molecule has 3 rings (SSSR count). The van der Waals surface area contributed by atoms with Crippen molar-refractivity contribution in [2.75, 3.05) is 0 Å². The summed E-state index contributed by atoms with van der Waals surface area (Å²) in [6, 6.07) is 8.54. The number of phenols is 1. The highest BCUT2D eigenvalue weighted by Crippen LogP contribution is 2.32. The number of nitrogens with zero attached hydrogens (tertiary/aromatic N) is 2. The molecule has 0 radical (unpaired) electrons. The Bertz CT molecular complexity index is 1010. The molecule has 2 aromatic carbocycles. The third-order valence-electron chi connectivity index (χ3n) is 3.05. The summed E-state index contributed by atoms with van der Waals surface area (Å²) in [4.78, 5) is -0.478. The molecule has 0 aliphatic rings. The molecule has 0 atom stereocenters. The van der Waals surface area contributed by atoms with Crippen LogP contribution in [0, 0.1) is 7.14 Å². The quantitative estimate of drug-likeness (QED) is 0.378.